The maximum atomic E-state index is 13.0. The molecule has 0 radical (unpaired) electrons. The SMILES string of the molecule is Cn1[nH]c(=O)c(=O)nc1Sc1ccc(N)cc1C(F)(F)F. The molecule has 0 saturated heterocycles. The Morgan fingerprint density at radius 3 is 2.62 bits per heavy atom. The first-order valence-electron chi connectivity index (χ1n) is 5.50. The van der Waals surface area contributed by atoms with Crippen molar-refractivity contribution in [2.24, 2.45) is 7.05 Å². The minimum absolute atomic E-state index is 0.0324. The van der Waals surface area contributed by atoms with E-state index in [2.05, 4.69) is 10.1 Å². The summed E-state index contributed by atoms with van der Waals surface area (Å²) < 4.78 is 40.0. The number of nitrogens with one attached hydrogen (secondary N) is 1. The normalized spacial score (nSPS) is 11.6. The van der Waals surface area contributed by atoms with Crippen LogP contribution < -0.4 is 16.9 Å². The molecule has 0 amide bonds. The Labute approximate surface area is 119 Å². The summed E-state index contributed by atoms with van der Waals surface area (Å²) in [6, 6.07) is 3.29. The zero-order valence-electron chi connectivity index (χ0n) is 10.6. The van der Waals surface area contributed by atoms with Crippen LogP contribution in [0, 0.1) is 0 Å². The molecule has 0 atom stereocenters. The molecule has 0 aliphatic heterocycles. The summed E-state index contributed by atoms with van der Waals surface area (Å²) in [7, 11) is 1.36. The van der Waals surface area contributed by atoms with Crippen LogP contribution in [0.3, 0.4) is 0 Å². The molecule has 2 rings (SSSR count). The summed E-state index contributed by atoms with van der Waals surface area (Å²) in [6.45, 7) is 0. The Morgan fingerprint density at radius 2 is 2.00 bits per heavy atom. The summed E-state index contributed by atoms with van der Waals surface area (Å²) in [5.41, 5.74) is 2.38. The highest BCUT2D eigenvalue weighted by Gasteiger charge is 2.34. The van der Waals surface area contributed by atoms with Crippen molar-refractivity contribution in [1.29, 1.82) is 0 Å². The van der Waals surface area contributed by atoms with E-state index >= 15 is 0 Å². The fraction of sp³-hybridized carbons (Fsp3) is 0.182. The molecule has 1 heterocycles. The van der Waals surface area contributed by atoms with Gasteiger partial charge in [-0.25, -0.2) is 0 Å². The van der Waals surface area contributed by atoms with Crippen LogP contribution in [0.1, 0.15) is 5.56 Å². The molecule has 3 N–H and O–H groups in total. The van der Waals surface area contributed by atoms with Gasteiger partial charge in [0.1, 0.15) is 0 Å². The number of aromatic amines is 1. The molecule has 6 nitrogen and oxygen atoms in total. The smallest absolute Gasteiger partial charge is 0.399 e. The molecule has 0 bridgehead atoms. The van der Waals surface area contributed by atoms with Gasteiger partial charge in [0.15, 0.2) is 5.16 Å². The molecule has 21 heavy (non-hydrogen) atoms. The summed E-state index contributed by atoms with van der Waals surface area (Å²) >= 11 is 0.605. The number of H-pyrrole nitrogens is 1. The van der Waals surface area contributed by atoms with E-state index in [1.165, 1.54) is 19.2 Å². The van der Waals surface area contributed by atoms with Crippen molar-refractivity contribution in [1.82, 2.24) is 14.8 Å². The van der Waals surface area contributed by atoms with Gasteiger partial charge in [0.05, 0.1) is 5.56 Å². The fourth-order valence-electron chi connectivity index (χ4n) is 1.51. The molecular weight excluding hydrogens is 309 g/mol. The number of rotatable bonds is 2. The van der Waals surface area contributed by atoms with Crippen LogP contribution in [0.15, 0.2) is 37.8 Å². The van der Waals surface area contributed by atoms with E-state index in [0.29, 0.717) is 11.8 Å². The summed E-state index contributed by atoms with van der Waals surface area (Å²) in [5.74, 6) is 0. The first-order chi connectivity index (χ1) is 9.68. The van der Waals surface area contributed by atoms with Gasteiger partial charge in [-0.05, 0) is 30.0 Å². The molecular formula is C11H9F3N4O2S. The lowest BCUT2D eigenvalue weighted by Crippen LogP contribution is -2.33. The standard InChI is InChI=1S/C11H9F3N4O2S/c1-18-10(16-8(19)9(20)17-18)21-7-3-2-5(15)4-6(7)11(12,13)14/h2-4H,15H2,1H3,(H,17,20). The van der Waals surface area contributed by atoms with Crippen LogP contribution in [0.4, 0.5) is 18.9 Å². The minimum atomic E-state index is -4.60. The van der Waals surface area contributed by atoms with Crippen molar-refractivity contribution >= 4 is 17.4 Å². The summed E-state index contributed by atoms with van der Waals surface area (Å²) in [4.78, 5) is 25.5. The number of nitrogens with zero attached hydrogens (tertiary/aromatic N) is 2. The number of anilines is 1. The van der Waals surface area contributed by atoms with E-state index < -0.39 is 22.9 Å². The number of nitrogens with two attached hydrogens (primary N) is 1. The average Bonchev–Trinajstić information content (AvgIpc) is 2.36. The monoisotopic (exact) mass is 318 g/mol. The molecule has 0 aliphatic carbocycles. The first-order valence-corrected chi connectivity index (χ1v) is 6.32. The number of hydrogen-bond acceptors (Lipinski definition) is 5. The Kier molecular flexibility index (Phi) is 3.81. The van der Waals surface area contributed by atoms with Gasteiger partial charge in [0.2, 0.25) is 0 Å². The quantitative estimate of drug-likeness (QED) is 0.641. The zero-order valence-corrected chi connectivity index (χ0v) is 11.4. The third kappa shape index (κ3) is 3.27. The van der Waals surface area contributed by atoms with Gasteiger partial charge in [0, 0.05) is 17.6 Å². The van der Waals surface area contributed by atoms with Crippen LogP contribution in [-0.2, 0) is 13.2 Å². The lowest BCUT2D eigenvalue weighted by atomic mass is 10.2. The first kappa shape index (κ1) is 15.2. The number of alkyl halides is 3. The van der Waals surface area contributed by atoms with Gasteiger partial charge in [-0.15, -0.1) is 0 Å². The highest BCUT2D eigenvalue weighted by molar-refractivity contribution is 7.99. The van der Waals surface area contributed by atoms with Gasteiger partial charge in [0.25, 0.3) is 0 Å². The molecule has 10 heteroatoms. The molecule has 0 fully saturated rings. The second-order valence-corrected chi connectivity index (χ2v) is 5.06. The highest BCUT2D eigenvalue weighted by atomic mass is 32.2. The fourth-order valence-corrected chi connectivity index (χ4v) is 2.44. The second kappa shape index (κ2) is 5.28. The molecule has 2 aromatic rings. The second-order valence-electron chi connectivity index (χ2n) is 4.05. The van der Waals surface area contributed by atoms with E-state index in [4.69, 9.17) is 5.73 Å². The number of nitrogen functional groups attached to an aromatic ring is 1. The van der Waals surface area contributed by atoms with E-state index in [0.717, 1.165) is 10.7 Å². The van der Waals surface area contributed by atoms with E-state index in [1.54, 1.807) is 0 Å². The van der Waals surface area contributed by atoms with Crippen LogP contribution in [-0.4, -0.2) is 14.8 Å². The van der Waals surface area contributed by atoms with E-state index in [-0.39, 0.29) is 15.7 Å². The van der Waals surface area contributed by atoms with Gasteiger partial charge in [-0.3, -0.25) is 19.4 Å². The molecule has 0 spiro atoms. The maximum Gasteiger partial charge on any atom is 0.417 e. The Bertz CT molecular complexity index is 797. The number of halogens is 3. The van der Waals surface area contributed by atoms with Crippen molar-refractivity contribution < 1.29 is 13.2 Å². The Morgan fingerprint density at radius 1 is 1.33 bits per heavy atom. The molecule has 112 valence electrons. The van der Waals surface area contributed by atoms with Crippen molar-refractivity contribution in [3.8, 4) is 0 Å². The lowest BCUT2D eigenvalue weighted by Gasteiger charge is -2.13. The van der Waals surface area contributed by atoms with Gasteiger partial charge in [-0.1, -0.05) is 0 Å². The highest BCUT2D eigenvalue weighted by Crippen LogP contribution is 2.39. The van der Waals surface area contributed by atoms with Crippen molar-refractivity contribution in [2.45, 2.75) is 16.2 Å². The van der Waals surface area contributed by atoms with Gasteiger partial charge in [-0.2, -0.15) is 18.2 Å². The zero-order chi connectivity index (χ0) is 15.8. The minimum Gasteiger partial charge on any atom is -0.399 e. The molecule has 0 aliphatic rings. The van der Waals surface area contributed by atoms with Crippen LogP contribution in [0.2, 0.25) is 0 Å². The van der Waals surface area contributed by atoms with Crippen LogP contribution >= 0.6 is 11.8 Å². The number of hydrogen-bond donors (Lipinski definition) is 2. The Balaban J connectivity index is 2.52. The van der Waals surface area contributed by atoms with Crippen molar-refractivity contribution in [3.05, 3.63) is 44.5 Å². The van der Waals surface area contributed by atoms with Crippen molar-refractivity contribution in [2.75, 3.05) is 5.73 Å². The lowest BCUT2D eigenvalue weighted by molar-refractivity contribution is -0.139. The number of aromatic nitrogens is 3. The predicted octanol–water partition coefficient (Wildman–Crippen LogP) is 1.22. The van der Waals surface area contributed by atoms with Crippen molar-refractivity contribution in [3.63, 3.8) is 0 Å². The van der Waals surface area contributed by atoms with Gasteiger partial charge >= 0.3 is 17.3 Å². The van der Waals surface area contributed by atoms with Crippen LogP contribution in [0.5, 0.6) is 0 Å². The largest absolute Gasteiger partial charge is 0.417 e. The molecule has 1 aromatic carbocycles. The summed E-state index contributed by atoms with van der Waals surface area (Å²) in [6.07, 6.45) is -4.60. The van der Waals surface area contributed by atoms with E-state index in [1.807, 2.05) is 0 Å². The molecule has 1 aromatic heterocycles. The maximum absolute atomic E-state index is 13.0. The third-order valence-corrected chi connectivity index (χ3v) is 3.58. The summed E-state index contributed by atoms with van der Waals surface area (Å²) in [5, 5.41) is 2.08. The van der Waals surface area contributed by atoms with Crippen LogP contribution in [0.25, 0.3) is 0 Å². The molecule has 0 unspecified atom stereocenters. The number of benzene rings is 1. The number of aryl methyl sites for hydroxylation is 1. The topological polar surface area (TPSA) is 93.8 Å². The average molecular weight is 318 g/mol. The predicted molar refractivity (Wildman–Crippen MR) is 70.1 cm³/mol. The molecule has 0 saturated carbocycles. The van der Waals surface area contributed by atoms with E-state index in [9.17, 15) is 22.8 Å². The van der Waals surface area contributed by atoms with Gasteiger partial charge < -0.3 is 5.73 Å². The third-order valence-electron chi connectivity index (χ3n) is 2.46. The Hall–Kier alpha value is -2.23.